The van der Waals surface area contributed by atoms with Crippen molar-refractivity contribution in [2.75, 3.05) is 13.6 Å². The van der Waals surface area contributed by atoms with Crippen LogP contribution < -0.4 is 0 Å². The summed E-state index contributed by atoms with van der Waals surface area (Å²) >= 11 is 1.81. The van der Waals surface area contributed by atoms with Crippen LogP contribution in [0.5, 0.6) is 0 Å². The van der Waals surface area contributed by atoms with Crippen LogP contribution in [-0.4, -0.2) is 39.2 Å². The topological polar surface area (TPSA) is 51.0 Å². The Morgan fingerprint density at radius 3 is 2.78 bits per heavy atom. The van der Waals surface area contributed by atoms with Crippen LogP contribution in [0.25, 0.3) is 0 Å². The molecule has 0 aromatic carbocycles. The third-order valence-electron chi connectivity index (χ3n) is 4.74. The number of fused-ring (bicyclic) bond motifs is 1. The van der Waals surface area contributed by atoms with Gasteiger partial charge in [0.25, 0.3) is 5.91 Å². The van der Waals surface area contributed by atoms with E-state index in [4.69, 9.17) is 4.98 Å². The SMILES string of the molecule is Cc1nc2c(s1)CCC[C@@H]2CN(C)C(=O)c1c(C)nn(C)c1C. The molecule has 0 saturated heterocycles. The first-order valence-electron chi connectivity index (χ1n) is 8.10. The molecule has 124 valence electrons. The number of aromatic nitrogens is 3. The Morgan fingerprint density at radius 2 is 2.13 bits per heavy atom. The molecule has 6 heteroatoms. The predicted molar refractivity (Wildman–Crippen MR) is 92.2 cm³/mol. The van der Waals surface area contributed by atoms with E-state index >= 15 is 0 Å². The van der Waals surface area contributed by atoms with Crippen molar-refractivity contribution in [2.45, 2.75) is 46.0 Å². The van der Waals surface area contributed by atoms with E-state index in [2.05, 4.69) is 12.0 Å². The van der Waals surface area contributed by atoms with Gasteiger partial charge in [-0.05, 0) is 40.0 Å². The molecule has 3 rings (SSSR count). The van der Waals surface area contributed by atoms with Gasteiger partial charge in [0.2, 0.25) is 0 Å². The summed E-state index contributed by atoms with van der Waals surface area (Å²) in [5.41, 5.74) is 3.68. The fourth-order valence-corrected chi connectivity index (χ4v) is 4.56. The molecular formula is C17H24N4OS. The van der Waals surface area contributed by atoms with Gasteiger partial charge in [0.15, 0.2) is 0 Å². The molecule has 1 atom stereocenters. The van der Waals surface area contributed by atoms with Gasteiger partial charge >= 0.3 is 0 Å². The lowest BCUT2D eigenvalue weighted by molar-refractivity contribution is 0.0781. The van der Waals surface area contributed by atoms with Gasteiger partial charge in [0.05, 0.1) is 22.0 Å². The van der Waals surface area contributed by atoms with Crippen LogP contribution in [0.1, 0.15) is 56.1 Å². The Hall–Kier alpha value is -1.69. The Balaban J connectivity index is 1.80. The normalized spacial score (nSPS) is 17.2. The highest BCUT2D eigenvalue weighted by Gasteiger charge is 2.28. The average molecular weight is 332 g/mol. The lowest BCUT2D eigenvalue weighted by atomic mass is 9.90. The van der Waals surface area contributed by atoms with Gasteiger partial charge in [0.1, 0.15) is 0 Å². The third-order valence-corrected chi connectivity index (χ3v) is 5.79. The molecule has 0 bridgehead atoms. The Morgan fingerprint density at radius 1 is 1.39 bits per heavy atom. The molecule has 0 saturated carbocycles. The number of carbonyl (C=O) groups is 1. The summed E-state index contributed by atoms with van der Waals surface area (Å²) in [6.45, 7) is 6.64. The van der Waals surface area contributed by atoms with E-state index in [0.29, 0.717) is 5.92 Å². The number of likely N-dealkylation sites (N-methyl/N-ethyl adjacent to an activating group) is 1. The molecule has 2 aromatic heterocycles. The molecule has 1 aliphatic carbocycles. The maximum absolute atomic E-state index is 12.8. The van der Waals surface area contributed by atoms with E-state index in [-0.39, 0.29) is 5.91 Å². The second-order valence-electron chi connectivity index (χ2n) is 6.49. The van der Waals surface area contributed by atoms with Crippen molar-refractivity contribution in [3.8, 4) is 0 Å². The zero-order chi connectivity index (χ0) is 16.7. The second-order valence-corrected chi connectivity index (χ2v) is 7.77. The molecule has 0 N–H and O–H groups in total. The number of rotatable bonds is 3. The molecule has 0 spiro atoms. The summed E-state index contributed by atoms with van der Waals surface area (Å²) in [5.74, 6) is 0.419. The second kappa shape index (κ2) is 6.07. The molecule has 0 radical (unpaired) electrons. The maximum atomic E-state index is 12.8. The smallest absolute Gasteiger partial charge is 0.257 e. The minimum atomic E-state index is 0.0622. The number of hydrogen-bond donors (Lipinski definition) is 0. The summed E-state index contributed by atoms with van der Waals surface area (Å²) in [5, 5.41) is 5.49. The van der Waals surface area contributed by atoms with E-state index in [1.54, 1.807) is 16.0 Å². The van der Waals surface area contributed by atoms with Gasteiger partial charge in [-0.15, -0.1) is 11.3 Å². The summed E-state index contributed by atoms with van der Waals surface area (Å²) in [4.78, 5) is 20.8. The van der Waals surface area contributed by atoms with E-state index < -0.39 is 0 Å². The highest BCUT2D eigenvalue weighted by molar-refractivity contribution is 7.11. The van der Waals surface area contributed by atoms with Crippen molar-refractivity contribution in [1.29, 1.82) is 0 Å². The van der Waals surface area contributed by atoms with Crippen molar-refractivity contribution in [3.05, 3.63) is 32.5 Å². The lowest BCUT2D eigenvalue weighted by Gasteiger charge is -2.26. The highest BCUT2D eigenvalue weighted by atomic mass is 32.1. The van der Waals surface area contributed by atoms with E-state index in [1.165, 1.54) is 17.0 Å². The molecule has 1 aliphatic rings. The molecule has 23 heavy (non-hydrogen) atoms. The minimum absolute atomic E-state index is 0.0622. The predicted octanol–water partition coefficient (Wildman–Crippen LogP) is 2.99. The van der Waals surface area contributed by atoms with Crippen molar-refractivity contribution in [3.63, 3.8) is 0 Å². The number of thiazole rings is 1. The third kappa shape index (κ3) is 2.92. The van der Waals surface area contributed by atoms with Crippen LogP contribution in [0.15, 0.2) is 0 Å². The summed E-state index contributed by atoms with van der Waals surface area (Å²) in [6, 6.07) is 0. The molecule has 2 heterocycles. The molecule has 0 fully saturated rings. The first kappa shape index (κ1) is 16.2. The zero-order valence-corrected chi connectivity index (χ0v) is 15.3. The Bertz CT molecular complexity index is 746. The van der Waals surface area contributed by atoms with Gasteiger partial charge in [-0.25, -0.2) is 4.98 Å². The molecule has 5 nitrogen and oxygen atoms in total. The van der Waals surface area contributed by atoms with E-state index in [0.717, 1.165) is 41.3 Å². The largest absolute Gasteiger partial charge is 0.341 e. The van der Waals surface area contributed by atoms with Gasteiger partial charge in [0, 0.05) is 37.1 Å². The standard InChI is InChI=1S/C17H24N4OS/c1-10-15(11(2)21(5)19-10)17(22)20(4)9-13-7-6-8-14-16(13)18-12(3)23-14/h13H,6-9H2,1-5H3/t13-/m1/s1. The van der Waals surface area contributed by atoms with Crippen LogP contribution in [0.2, 0.25) is 0 Å². The first-order valence-corrected chi connectivity index (χ1v) is 8.92. The first-order chi connectivity index (χ1) is 10.9. The molecule has 0 aliphatic heterocycles. The van der Waals surface area contributed by atoms with Crippen LogP contribution in [0, 0.1) is 20.8 Å². The van der Waals surface area contributed by atoms with Crippen LogP contribution in [0.3, 0.4) is 0 Å². The molecule has 2 aromatic rings. The van der Waals surface area contributed by atoms with Crippen LogP contribution in [0.4, 0.5) is 0 Å². The Kier molecular flexibility index (Phi) is 4.27. The van der Waals surface area contributed by atoms with Crippen LogP contribution in [-0.2, 0) is 13.5 Å². The highest BCUT2D eigenvalue weighted by Crippen LogP contribution is 2.35. The molecule has 0 unspecified atom stereocenters. The number of carbonyl (C=O) groups excluding carboxylic acids is 1. The molecule has 1 amide bonds. The van der Waals surface area contributed by atoms with Crippen molar-refractivity contribution < 1.29 is 4.79 Å². The number of amides is 1. The summed E-state index contributed by atoms with van der Waals surface area (Å²) in [6.07, 6.45) is 3.43. The minimum Gasteiger partial charge on any atom is -0.341 e. The summed E-state index contributed by atoms with van der Waals surface area (Å²) < 4.78 is 1.78. The molecular weight excluding hydrogens is 308 g/mol. The van der Waals surface area contributed by atoms with Crippen molar-refractivity contribution in [1.82, 2.24) is 19.7 Å². The monoisotopic (exact) mass is 332 g/mol. The van der Waals surface area contributed by atoms with Crippen molar-refractivity contribution in [2.24, 2.45) is 7.05 Å². The quantitative estimate of drug-likeness (QED) is 0.868. The van der Waals surface area contributed by atoms with Gasteiger partial charge < -0.3 is 4.90 Å². The fourth-order valence-electron chi connectivity index (χ4n) is 3.49. The van der Waals surface area contributed by atoms with Crippen LogP contribution >= 0.6 is 11.3 Å². The number of aryl methyl sites for hydroxylation is 4. The van der Waals surface area contributed by atoms with E-state index in [9.17, 15) is 4.79 Å². The average Bonchev–Trinajstić information content (AvgIpc) is 2.98. The number of nitrogens with zero attached hydrogens (tertiary/aromatic N) is 4. The van der Waals surface area contributed by atoms with E-state index in [1.807, 2.05) is 32.8 Å². The van der Waals surface area contributed by atoms with Gasteiger partial charge in [-0.2, -0.15) is 5.10 Å². The van der Waals surface area contributed by atoms with Gasteiger partial charge in [-0.3, -0.25) is 9.48 Å². The zero-order valence-electron chi connectivity index (χ0n) is 14.5. The summed E-state index contributed by atoms with van der Waals surface area (Å²) in [7, 11) is 3.77. The van der Waals surface area contributed by atoms with Gasteiger partial charge in [-0.1, -0.05) is 0 Å². The lowest BCUT2D eigenvalue weighted by Crippen LogP contribution is -2.33. The fraction of sp³-hybridized carbons (Fsp3) is 0.588. The number of hydrogen-bond acceptors (Lipinski definition) is 4. The maximum Gasteiger partial charge on any atom is 0.257 e. The van der Waals surface area contributed by atoms with Crippen molar-refractivity contribution >= 4 is 17.2 Å². The Labute approximate surface area is 141 Å².